The lowest BCUT2D eigenvalue weighted by atomic mass is 10.1. The fourth-order valence-electron chi connectivity index (χ4n) is 2.31. The molecular weight excluding hydrogens is 266 g/mol. The molecule has 0 saturated carbocycles. The zero-order chi connectivity index (χ0) is 15.5. The van der Waals surface area contributed by atoms with Gasteiger partial charge in [-0.3, -0.25) is 0 Å². The molecule has 0 aromatic heterocycles. The summed E-state index contributed by atoms with van der Waals surface area (Å²) in [7, 11) is 0. The van der Waals surface area contributed by atoms with Crippen LogP contribution in [-0.2, 0) is 4.74 Å². The highest BCUT2D eigenvalue weighted by Gasteiger charge is 2.29. The van der Waals surface area contributed by atoms with Gasteiger partial charge in [0.2, 0.25) is 0 Å². The number of aryl methyl sites for hydroxylation is 1. The molecule has 1 aliphatic rings. The van der Waals surface area contributed by atoms with Crippen LogP contribution in [0.1, 0.15) is 32.8 Å². The Labute approximate surface area is 127 Å². The normalized spacial score (nSPS) is 18.7. The van der Waals surface area contributed by atoms with E-state index in [0.717, 1.165) is 18.7 Å². The fourth-order valence-corrected chi connectivity index (χ4v) is 2.31. The molecule has 1 saturated heterocycles. The van der Waals surface area contributed by atoms with Crippen LogP contribution in [0.5, 0.6) is 5.75 Å². The fraction of sp³-hybridized carbons (Fsp3) is 0.588. The highest BCUT2D eigenvalue weighted by atomic mass is 16.6. The Bertz CT molecular complexity index is 476. The highest BCUT2D eigenvalue weighted by Crippen LogP contribution is 2.21. The van der Waals surface area contributed by atoms with E-state index in [2.05, 4.69) is 6.92 Å². The maximum atomic E-state index is 12.0. The van der Waals surface area contributed by atoms with Crippen LogP contribution in [0.2, 0.25) is 0 Å². The topological polar surface area (TPSA) is 38.8 Å². The second-order valence-electron chi connectivity index (χ2n) is 6.71. The average molecular weight is 291 g/mol. The Balaban J connectivity index is 1.77. The van der Waals surface area contributed by atoms with Gasteiger partial charge in [0.05, 0.1) is 6.61 Å². The summed E-state index contributed by atoms with van der Waals surface area (Å²) in [5.74, 6) is 1.26. The van der Waals surface area contributed by atoms with Crippen LogP contribution in [0.3, 0.4) is 0 Å². The zero-order valence-corrected chi connectivity index (χ0v) is 13.4. The molecule has 1 aromatic rings. The SMILES string of the molecule is Cc1ccc(OC[C@H]2CCN(C(=O)OC(C)(C)C)C2)cc1. The molecule has 1 heterocycles. The highest BCUT2D eigenvalue weighted by molar-refractivity contribution is 5.68. The standard InChI is InChI=1S/C17H25NO3/c1-13-5-7-15(8-6-13)20-12-14-9-10-18(11-14)16(19)21-17(2,3)4/h5-8,14H,9-12H2,1-4H3/t14-/m0/s1. The molecule has 2 rings (SSSR count). The number of likely N-dealkylation sites (tertiary alicyclic amines) is 1. The molecule has 4 nitrogen and oxygen atoms in total. The quantitative estimate of drug-likeness (QED) is 0.853. The van der Waals surface area contributed by atoms with E-state index >= 15 is 0 Å². The second kappa shape index (κ2) is 6.37. The second-order valence-corrected chi connectivity index (χ2v) is 6.71. The summed E-state index contributed by atoms with van der Waals surface area (Å²) in [6.07, 6.45) is 0.741. The summed E-state index contributed by atoms with van der Waals surface area (Å²) in [5, 5.41) is 0. The molecule has 0 radical (unpaired) electrons. The summed E-state index contributed by atoms with van der Waals surface area (Å²) >= 11 is 0. The number of ether oxygens (including phenoxy) is 2. The van der Waals surface area contributed by atoms with Gasteiger partial charge >= 0.3 is 6.09 Å². The van der Waals surface area contributed by atoms with Crippen molar-refractivity contribution in [3.8, 4) is 5.75 Å². The summed E-state index contributed by atoms with van der Waals surface area (Å²) < 4.78 is 11.2. The van der Waals surface area contributed by atoms with E-state index in [0.29, 0.717) is 19.1 Å². The minimum Gasteiger partial charge on any atom is -0.493 e. The largest absolute Gasteiger partial charge is 0.493 e. The van der Waals surface area contributed by atoms with Crippen molar-refractivity contribution in [3.05, 3.63) is 29.8 Å². The molecule has 0 spiro atoms. The smallest absolute Gasteiger partial charge is 0.410 e. The molecule has 1 fully saturated rings. The van der Waals surface area contributed by atoms with Gasteiger partial charge in [0.25, 0.3) is 0 Å². The molecule has 0 bridgehead atoms. The third kappa shape index (κ3) is 4.96. The van der Waals surface area contributed by atoms with Crippen LogP contribution >= 0.6 is 0 Å². The Hall–Kier alpha value is -1.71. The zero-order valence-electron chi connectivity index (χ0n) is 13.4. The molecule has 1 aromatic carbocycles. The molecule has 4 heteroatoms. The van der Waals surface area contributed by atoms with Crippen molar-refractivity contribution in [3.63, 3.8) is 0 Å². The van der Waals surface area contributed by atoms with E-state index in [1.807, 2.05) is 45.0 Å². The van der Waals surface area contributed by atoms with Crippen molar-refractivity contribution in [2.45, 2.75) is 39.7 Å². The van der Waals surface area contributed by atoms with E-state index in [4.69, 9.17) is 9.47 Å². The van der Waals surface area contributed by atoms with Gasteiger partial charge in [0.1, 0.15) is 11.4 Å². The third-order valence-electron chi connectivity index (χ3n) is 3.44. The molecular formula is C17H25NO3. The number of benzene rings is 1. The van der Waals surface area contributed by atoms with Crippen LogP contribution in [-0.4, -0.2) is 36.3 Å². The van der Waals surface area contributed by atoms with Crippen LogP contribution in [0.4, 0.5) is 4.79 Å². The molecule has 0 aliphatic carbocycles. The number of hydrogen-bond donors (Lipinski definition) is 0. The van der Waals surface area contributed by atoms with E-state index in [9.17, 15) is 4.79 Å². The van der Waals surface area contributed by atoms with Gasteiger partial charge in [-0.05, 0) is 46.2 Å². The Kier molecular flexibility index (Phi) is 4.76. The third-order valence-corrected chi connectivity index (χ3v) is 3.44. The number of carbonyl (C=O) groups is 1. The van der Waals surface area contributed by atoms with Crippen molar-refractivity contribution in [2.75, 3.05) is 19.7 Å². The van der Waals surface area contributed by atoms with Gasteiger partial charge in [-0.2, -0.15) is 0 Å². The van der Waals surface area contributed by atoms with Crippen molar-refractivity contribution in [1.82, 2.24) is 4.90 Å². The molecule has 0 unspecified atom stereocenters. The Morgan fingerprint density at radius 1 is 1.29 bits per heavy atom. The average Bonchev–Trinajstić information content (AvgIpc) is 2.85. The first-order valence-corrected chi connectivity index (χ1v) is 7.51. The summed E-state index contributed by atoms with van der Waals surface area (Å²) in [6, 6.07) is 8.04. The van der Waals surface area contributed by atoms with Crippen LogP contribution in [0.15, 0.2) is 24.3 Å². The van der Waals surface area contributed by atoms with Gasteiger partial charge in [-0.25, -0.2) is 4.79 Å². The summed E-state index contributed by atoms with van der Waals surface area (Å²) in [4.78, 5) is 13.8. The number of nitrogens with zero attached hydrogens (tertiary/aromatic N) is 1. The predicted molar refractivity (Wildman–Crippen MR) is 82.6 cm³/mol. The molecule has 1 aliphatic heterocycles. The molecule has 0 N–H and O–H groups in total. The van der Waals surface area contributed by atoms with Crippen molar-refractivity contribution < 1.29 is 14.3 Å². The lowest BCUT2D eigenvalue weighted by molar-refractivity contribution is 0.0285. The van der Waals surface area contributed by atoms with E-state index < -0.39 is 5.60 Å². The summed E-state index contributed by atoms with van der Waals surface area (Å²) in [5.41, 5.74) is 0.785. The van der Waals surface area contributed by atoms with Gasteiger partial charge < -0.3 is 14.4 Å². The maximum absolute atomic E-state index is 12.0. The molecule has 1 atom stereocenters. The van der Waals surface area contributed by atoms with Crippen molar-refractivity contribution in [2.24, 2.45) is 5.92 Å². The van der Waals surface area contributed by atoms with Crippen molar-refractivity contribution in [1.29, 1.82) is 0 Å². The number of rotatable bonds is 3. The van der Waals surface area contributed by atoms with Crippen LogP contribution in [0.25, 0.3) is 0 Å². The first-order valence-electron chi connectivity index (χ1n) is 7.51. The number of hydrogen-bond acceptors (Lipinski definition) is 3. The van der Waals surface area contributed by atoms with E-state index in [1.165, 1.54) is 5.56 Å². The Morgan fingerprint density at radius 3 is 2.57 bits per heavy atom. The molecule has 1 amide bonds. The first-order chi connectivity index (χ1) is 9.83. The number of carbonyl (C=O) groups excluding carboxylic acids is 1. The van der Waals surface area contributed by atoms with Gasteiger partial charge in [0, 0.05) is 19.0 Å². The molecule has 21 heavy (non-hydrogen) atoms. The van der Waals surface area contributed by atoms with Gasteiger partial charge in [-0.15, -0.1) is 0 Å². The van der Waals surface area contributed by atoms with Gasteiger partial charge in [0.15, 0.2) is 0 Å². The first kappa shape index (κ1) is 15.7. The van der Waals surface area contributed by atoms with Crippen LogP contribution < -0.4 is 4.74 Å². The number of amides is 1. The van der Waals surface area contributed by atoms with Gasteiger partial charge in [-0.1, -0.05) is 17.7 Å². The van der Waals surface area contributed by atoms with E-state index in [-0.39, 0.29) is 6.09 Å². The molecule has 116 valence electrons. The minimum absolute atomic E-state index is 0.222. The maximum Gasteiger partial charge on any atom is 0.410 e. The minimum atomic E-state index is -0.437. The van der Waals surface area contributed by atoms with Crippen LogP contribution in [0, 0.1) is 12.8 Å². The van der Waals surface area contributed by atoms with Crippen molar-refractivity contribution >= 4 is 6.09 Å². The summed E-state index contributed by atoms with van der Waals surface area (Å²) in [6.45, 7) is 9.82. The van der Waals surface area contributed by atoms with E-state index in [1.54, 1.807) is 4.90 Å². The monoisotopic (exact) mass is 291 g/mol. The predicted octanol–water partition coefficient (Wildman–Crippen LogP) is 3.63. The Morgan fingerprint density at radius 2 is 1.95 bits per heavy atom. The lowest BCUT2D eigenvalue weighted by Crippen LogP contribution is -2.35. The lowest BCUT2D eigenvalue weighted by Gasteiger charge is -2.24.